The van der Waals surface area contributed by atoms with E-state index >= 15 is 0 Å². The van der Waals surface area contributed by atoms with Crippen molar-refractivity contribution < 1.29 is 125 Å². The normalized spacial score (nSPS) is 21.3. The lowest BCUT2D eigenvalue weighted by Gasteiger charge is -2.38. The standard InChI is InChI=1S/C48H83F3N6O23/c49-48(50,51)39-25-52-26-40(57-39)56-35-29-80-38(47(66)45(35)64)31-76-22-20-72-18-16-70-14-12-68-10-5-54-42(60)3-7-74-28-34(55-43(61)32-77-23-24-78-33-44(62)63)27-73-6-2-41(59)53-4-9-67-11-13-69-15-17-71-19-21-75-30-37-46(65)36(58)1-8-79-37/h25-26,34-38,41,45-47,53,58-59,64-66H,1-24,27-33H2,(H,54,60)(H,55,61)(H,56,57)(H,62,63)/t34?,35-,36+,37+,38+,41?,45+,46+,47-/m0/s1. The van der Waals surface area contributed by atoms with Gasteiger partial charge in [0.05, 0.1) is 183 Å². The molecule has 2 fully saturated rings. The first kappa shape index (κ1) is 70.5. The number of carboxylic acids is 1. The highest BCUT2D eigenvalue weighted by Crippen LogP contribution is 2.28. The molecule has 3 heterocycles. The van der Waals surface area contributed by atoms with Crippen LogP contribution in [0.15, 0.2) is 12.4 Å². The van der Waals surface area contributed by atoms with E-state index in [0.29, 0.717) is 72.0 Å². The van der Waals surface area contributed by atoms with Crippen molar-refractivity contribution in [3.8, 4) is 0 Å². The molecule has 0 aliphatic carbocycles. The molecular formula is C48H83F3N6O23. The molecule has 3 rings (SSSR count). The van der Waals surface area contributed by atoms with Crippen LogP contribution in [-0.4, -0.2) is 298 Å². The van der Waals surface area contributed by atoms with E-state index in [1.165, 1.54) is 0 Å². The number of carboxylic acid groups (broad SMARTS) is 1. The summed E-state index contributed by atoms with van der Waals surface area (Å²) in [6.07, 6.45) is -9.31. The summed E-state index contributed by atoms with van der Waals surface area (Å²) in [6, 6.07) is -1.58. The smallest absolute Gasteiger partial charge is 0.434 e. The molecule has 32 heteroatoms. The molecule has 9 atom stereocenters. The van der Waals surface area contributed by atoms with E-state index in [9.17, 15) is 53.1 Å². The molecule has 1 aromatic heterocycles. The van der Waals surface area contributed by atoms with Gasteiger partial charge in [0.25, 0.3) is 0 Å². The average molecular weight is 1170 g/mol. The summed E-state index contributed by atoms with van der Waals surface area (Å²) in [7, 11) is 0. The number of nitrogens with one attached hydrogen (secondary N) is 4. The Morgan fingerprint density at radius 2 is 1.16 bits per heavy atom. The van der Waals surface area contributed by atoms with Gasteiger partial charge in [-0.25, -0.2) is 9.78 Å². The van der Waals surface area contributed by atoms with Crippen LogP contribution in [0.25, 0.3) is 0 Å². The Kier molecular flexibility index (Phi) is 38.7. The third-order valence-electron chi connectivity index (χ3n) is 11.2. The molecule has 1 aromatic rings. The van der Waals surface area contributed by atoms with Crippen LogP contribution in [0.5, 0.6) is 0 Å². The zero-order valence-corrected chi connectivity index (χ0v) is 44.9. The summed E-state index contributed by atoms with van der Waals surface area (Å²) in [5.74, 6) is -2.14. The van der Waals surface area contributed by atoms with Gasteiger partial charge in [-0.3, -0.25) is 19.9 Å². The Balaban J connectivity index is 1.14. The number of carbonyl (C=O) groups is 3. The maximum absolute atomic E-state index is 13.0. The van der Waals surface area contributed by atoms with Crippen molar-refractivity contribution in [1.82, 2.24) is 25.9 Å². The van der Waals surface area contributed by atoms with Crippen molar-refractivity contribution in [2.24, 2.45) is 0 Å². The molecule has 0 saturated carbocycles. The third-order valence-corrected chi connectivity index (χ3v) is 11.2. The Morgan fingerprint density at radius 1 is 0.625 bits per heavy atom. The van der Waals surface area contributed by atoms with E-state index in [1.807, 2.05) is 0 Å². The van der Waals surface area contributed by atoms with Crippen LogP contribution < -0.4 is 21.3 Å². The quantitative estimate of drug-likeness (QED) is 0.0223. The molecule has 10 N–H and O–H groups in total. The number of halogens is 3. The van der Waals surface area contributed by atoms with Gasteiger partial charge in [0, 0.05) is 32.5 Å². The van der Waals surface area contributed by atoms with E-state index in [1.54, 1.807) is 0 Å². The van der Waals surface area contributed by atoms with Gasteiger partial charge in [-0.05, 0) is 6.42 Å². The monoisotopic (exact) mass is 1170 g/mol. The second kappa shape index (κ2) is 43.9. The SMILES string of the molecule is O=C(O)COCCOCC(=O)NC(COCCC(=O)NCCOCCOCCOCCOC[C@H]1OC[C@H](Nc2cncc(C(F)(F)F)n2)[C@@H](O)[C@H]1O)COCCC(O)NCCOCCOCCOCCOC[C@H]1OCC[C@@H](O)[C@H]1O. The molecule has 0 spiro atoms. The predicted octanol–water partition coefficient (Wildman–Crippen LogP) is -3.52. The summed E-state index contributed by atoms with van der Waals surface area (Å²) in [6.45, 7) is 4.25. The van der Waals surface area contributed by atoms with Crippen LogP contribution in [0, 0.1) is 0 Å². The predicted molar refractivity (Wildman–Crippen MR) is 268 cm³/mol. The number of aromatic nitrogens is 2. The van der Waals surface area contributed by atoms with E-state index in [-0.39, 0.29) is 143 Å². The first-order valence-corrected chi connectivity index (χ1v) is 26.4. The van der Waals surface area contributed by atoms with Gasteiger partial charge in [0.1, 0.15) is 55.8 Å². The van der Waals surface area contributed by atoms with Gasteiger partial charge >= 0.3 is 12.1 Å². The summed E-state index contributed by atoms with van der Waals surface area (Å²) in [4.78, 5) is 42.5. The zero-order chi connectivity index (χ0) is 58.1. The van der Waals surface area contributed by atoms with Crippen LogP contribution in [0.3, 0.4) is 0 Å². The van der Waals surface area contributed by atoms with Crippen LogP contribution >= 0.6 is 0 Å². The lowest BCUT2D eigenvalue weighted by atomic mass is 9.98. The lowest BCUT2D eigenvalue weighted by Crippen LogP contribution is -2.57. The number of aliphatic hydroxyl groups excluding tert-OH is 5. The molecule has 2 saturated heterocycles. The van der Waals surface area contributed by atoms with E-state index in [2.05, 4.69) is 31.2 Å². The average Bonchev–Trinajstić information content (AvgIpc) is 3.42. The maximum atomic E-state index is 13.0. The maximum Gasteiger partial charge on any atom is 0.434 e. The molecular weight excluding hydrogens is 1090 g/mol. The summed E-state index contributed by atoms with van der Waals surface area (Å²) in [5.41, 5.74) is -1.21. The van der Waals surface area contributed by atoms with Crippen LogP contribution in [-0.2, 0) is 86.9 Å². The minimum absolute atomic E-state index is 0.00747. The zero-order valence-electron chi connectivity index (χ0n) is 44.9. The Labute approximate surface area is 461 Å². The van der Waals surface area contributed by atoms with Crippen LogP contribution in [0.2, 0.25) is 0 Å². The van der Waals surface area contributed by atoms with Gasteiger partial charge in [-0.1, -0.05) is 0 Å². The molecule has 80 heavy (non-hydrogen) atoms. The number of ether oxygens (including phenoxy) is 14. The Bertz CT molecular complexity index is 1760. The fourth-order valence-corrected chi connectivity index (χ4v) is 7.05. The highest BCUT2D eigenvalue weighted by molar-refractivity contribution is 5.77. The highest BCUT2D eigenvalue weighted by atomic mass is 19.4. The molecule has 2 amide bonds. The number of amides is 2. The molecule has 2 aliphatic rings. The molecule has 0 aromatic carbocycles. The molecule has 2 unspecified atom stereocenters. The van der Waals surface area contributed by atoms with Crippen molar-refractivity contribution in [3.05, 3.63) is 18.1 Å². The number of alkyl halides is 3. The summed E-state index contributed by atoms with van der Waals surface area (Å²) >= 11 is 0. The Hall–Kier alpha value is -3.72. The first-order chi connectivity index (χ1) is 38.6. The second-order valence-electron chi connectivity index (χ2n) is 17.7. The number of aliphatic hydroxyl groups is 5. The number of nitrogens with zero attached hydrogens (tertiary/aromatic N) is 2. The lowest BCUT2D eigenvalue weighted by molar-refractivity contribution is -0.161. The molecule has 0 bridgehead atoms. The van der Waals surface area contributed by atoms with Crippen molar-refractivity contribution in [2.75, 3.05) is 190 Å². The highest BCUT2D eigenvalue weighted by Gasteiger charge is 2.39. The molecule has 464 valence electrons. The minimum Gasteiger partial charge on any atom is -0.480 e. The number of anilines is 1. The van der Waals surface area contributed by atoms with Crippen LogP contribution in [0.4, 0.5) is 19.0 Å². The van der Waals surface area contributed by atoms with Crippen molar-refractivity contribution in [2.45, 2.75) is 80.4 Å². The largest absolute Gasteiger partial charge is 0.480 e. The van der Waals surface area contributed by atoms with Crippen LogP contribution in [0.1, 0.15) is 25.0 Å². The number of aliphatic carboxylic acids is 1. The number of hydrogen-bond acceptors (Lipinski definition) is 26. The van der Waals surface area contributed by atoms with Gasteiger partial charge in [0.2, 0.25) is 11.8 Å². The third kappa shape index (κ3) is 34.0. The van der Waals surface area contributed by atoms with Gasteiger partial charge in [-0.15, -0.1) is 0 Å². The fourth-order valence-electron chi connectivity index (χ4n) is 7.05. The second-order valence-corrected chi connectivity index (χ2v) is 17.7. The number of rotatable bonds is 49. The van der Waals surface area contributed by atoms with E-state index in [4.69, 9.17) is 71.4 Å². The molecule has 2 aliphatic heterocycles. The first-order valence-electron chi connectivity index (χ1n) is 26.4. The van der Waals surface area contributed by atoms with E-state index in [0.717, 1.165) is 6.20 Å². The molecule has 0 radical (unpaired) electrons. The summed E-state index contributed by atoms with van der Waals surface area (Å²) in [5, 5.41) is 70.5. The fraction of sp³-hybridized carbons (Fsp3) is 0.854. The Morgan fingerprint density at radius 3 is 1.76 bits per heavy atom. The topological polar surface area (TPSA) is 376 Å². The van der Waals surface area contributed by atoms with Gasteiger partial charge in [-0.2, -0.15) is 13.2 Å². The van der Waals surface area contributed by atoms with Gasteiger partial charge < -0.3 is 113 Å². The molecule has 29 nitrogen and oxygen atoms in total. The minimum atomic E-state index is -4.70. The van der Waals surface area contributed by atoms with Crippen molar-refractivity contribution in [1.29, 1.82) is 0 Å². The van der Waals surface area contributed by atoms with Gasteiger partial charge in [0.15, 0.2) is 5.69 Å². The number of carbonyl (C=O) groups excluding carboxylic acids is 2. The van der Waals surface area contributed by atoms with E-state index < -0.39 is 85.3 Å². The summed E-state index contributed by atoms with van der Waals surface area (Å²) < 4.78 is 115. The van der Waals surface area contributed by atoms with Crippen molar-refractivity contribution >= 4 is 23.6 Å². The van der Waals surface area contributed by atoms with Crippen molar-refractivity contribution in [3.63, 3.8) is 0 Å². The number of hydrogen-bond donors (Lipinski definition) is 10.